The van der Waals surface area contributed by atoms with E-state index in [9.17, 15) is 0 Å². The molecule has 0 aliphatic heterocycles. The maximum atomic E-state index is 5.33. The number of rotatable bonds is 6. The lowest BCUT2D eigenvalue weighted by molar-refractivity contribution is 0.526. The van der Waals surface area contributed by atoms with Crippen molar-refractivity contribution in [2.24, 2.45) is 0 Å². The number of hydrogen-bond donors (Lipinski definition) is 0. The minimum Gasteiger partial charge on any atom is -0.355 e. The number of thiophene rings is 1. The molecule has 1 aromatic rings. The van der Waals surface area contributed by atoms with E-state index < -0.39 is 0 Å². The largest absolute Gasteiger partial charge is 0.355 e. The summed E-state index contributed by atoms with van der Waals surface area (Å²) in [4.78, 5) is 4.06. The predicted molar refractivity (Wildman–Crippen MR) is 77.9 cm³/mol. The van der Waals surface area contributed by atoms with Crippen LogP contribution in [-0.2, 0) is 0 Å². The Hall–Kier alpha value is -1.19. The van der Waals surface area contributed by atoms with E-state index >= 15 is 0 Å². The van der Waals surface area contributed by atoms with Gasteiger partial charge < -0.3 is 4.90 Å². The van der Waals surface area contributed by atoms with Gasteiger partial charge in [0, 0.05) is 18.0 Å². The van der Waals surface area contributed by atoms with Gasteiger partial charge in [-0.05, 0) is 23.6 Å². The lowest BCUT2D eigenvalue weighted by Crippen LogP contribution is -2.28. The monoisotopic (exact) mass is 249 g/mol. The van der Waals surface area contributed by atoms with Gasteiger partial charge in [-0.15, -0.1) is 24.5 Å². The molecule has 0 aliphatic carbocycles. The average Bonchev–Trinajstić information content (AvgIpc) is 2.78. The Labute approximate surface area is 106 Å². The van der Waals surface area contributed by atoms with E-state index in [1.165, 1.54) is 4.88 Å². The topological polar surface area (TPSA) is 3.24 Å². The van der Waals surface area contributed by atoms with Crippen molar-refractivity contribution in [1.29, 1.82) is 0 Å². The van der Waals surface area contributed by atoms with Crippen molar-refractivity contribution < 1.29 is 0 Å². The third-order valence-corrected chi connectivity index (χ3v) is 3.18. The van der Waals surface area contributed by atoms with E-state index in [-0.39, 0.29) is 0 Å². The molecule has 0 aromatic carbocycles. The highest BCUT2D eigenvalue weighted by molar-refractivity contribution is 7.80. The van der Waals surface area contributed by atoms with E-state index in [1.807, 2.05) is 40.7 Å². The van der Waals surface area contributed by atoms with Gasteiger partial charge >= 0.3 is 0 Å². The molecule has 0 amide bonds. The van der Waals surface area contributed by atoms with Crippen LogP contribution in [-0.4, -0.2) is 23.0 Å². The predicted octanol–water partition coefficient (Wildman–Crippen LogP) is 3.76. The van der Waals surface area contributed by atoms with Crippen molar-refractivity contribution in [2.75, 3.05) is 13.1 Å². The van der Waals surface area contributed by atoms with Crippen LogP contribution in [0.25, 0.3) is 6.08 Å². The summed E-state index contributed by atoms with van der Waals surface area (Å²) >= 11 is 7.03. The van der Waals surface area contributed by atoms with Crippen LogP contribution in [0, 0.1) is 0 Å². The third kappa shape index (κ3) is 4.13. The highest BCUT2D eigenvalue weighted by Gasteiger charge is 2.02. The van der Waals surface area contributed by atoms with E-state index in [0.29, 0.717) is 0 Å². The van der Waals surface area contributed by atoms with Gasteiger partial charge in [-0.25, -0.2) is 0 Å². The van der Waals surface area contributed by atoms with Gasteiger partial charge in [-0.3, -0.25) is 0 Å². The fourth-order valence-electron chi connectivity index (χ4n) is 1.21. The Morgan fingerprint density at radius 1 is 1.38 bits per heavy atom. The first-order valence-electron chi connectivity index (χ1n) is 5.00. The van der Waals surface area contributed by atoms with Crippen LogP contribution in [0.15, 0.2) is 48.9 Å². The smallest absolute Gasteiger partial charge is 0.102 e. The fraction of sp³-hybridized carbons (Fsp3) is 0.154. The molecule has 3 heteroatoms. The summed E-state index contributed by atoms with van der Waals surface area (Å²) in [7, 11) is 0. The number of nitrogens with zero attached hydrogens (tertiary/aromatic N) is 1. The second-order valence-electron chi connectivity index (χ2n) is 3.17. The Balaban J connectivity index is 2.60. The van der Waals surface area contributed by atoms with Crippen molar-refractivity contribution in [3.05, 3.63) is 53.8 Å². The molecule has 0 unspecified atom stereocenters. The molecule has 1 nitrogen and oxygen atoms in total. The van der Waals surface area contributed by atoms with Crippen molar-refractivity contribution in [3.63, 3.8) is 0 Å². The highest BCUT2D eigenvalue weighted by atomic mass is 32.1. The molecule has 1 aromatic heterocycles. The van der Waals surface area contributed by atoms with Crippen LogP contribution < -0.4 is 0 Å². The molecule has 0 saturated heterocycles. The Morgan fingerprint density at radius 3 is 2.56 bits per heavy atom. The first-order valence-corrected chi connectivity index (χ1v) is 6.29. The summed E-state index contributed by atoms with van der Waals surface area (Å²) in [5, 5.41) is 2.05. The maximum Gasteiger partial charge on any atom is 0.102 e. The van der Waals surface area contributed by atoms with Crippen LogP contribution in [0.3, 0.4) is 0 Å². The second-order valence-corrected chi connectivity index (χ2v) is 4.57. The molecule has 0 N–H and O–H groups in total. The molecule has 0 saturated carbocycles. The zero-order valence-electron chi connectivity index (χ0n) is 9.13. The van der Waals surface area contributed by atoms with Gasteiger partial charge in [-0.2, -0.15) is 0 Å². The summed E-state index contributed by atoms with van der Waals surface area (Å²) in [6.07, 6.45) is 7.67. The summed E-state index contributed by atoms with van der Waals surface area (Å²) < 4.78 is 0. The lowest BCUT2D eigenvalue weighted by Gasteiger charge is -2.19. The molecule has 0 spiro atoms. The van der Waals surface area contributed by atoms with Crippen LogP contribution in [0.4, 0.5) is 0 Å². The van der Waals surface area contributed by atoms with Gasteiger partial charge in [0.2, 0.25) is 0 Å². The maximum absolute atomic E-state index is 5.33. The molecular weight excluding hydrogens is 234 g/mol. The quantitative estimate of drug-likeness (QED) is 0.429. The average molecular weight is 249 g/mol. The lowest BCUT2D eigenvalue weighted by atomic mass is 10.3. The first kappa shape index (κ1) is 12.9. The first-order chi connectivity index (χ1) is 7.77. The Morgan fingerprint density at radius 2 is 2.06 bits per heavy atom. The molecule has 0 fully saturated rings. The molecule has 0 atom stereocenters. The zero-order valence-corrected chi connectivity index (χ0v) is 10.8. The van der Waals surface area contributed by atoms with Crippen LogP contribution in [0.2, 0.25) is 0 Å². The van der Waals surface area contributed by atoms with Gasteiger partial charge in [0.15, 0.2) is 0 Å². The van der Waals surface area contributed by atoms with Crippen molar-refractivity contribution in [3.8, 4) is 0 Å². The SMILES string of the molecule is C=CCN(CC=C)C(=S)/C=C/c1cccs1. The molecule has 0 radical (unpaired) electrons. The normalized spacial score (nSPS) is 10.2. The molecule has 84 valence electrons. The van der Waals surface area contributed by atoms with Crippen LogP contribution in [0.1, 0.15) is 4.88 Å². The molecule has 1 rings (SSSR count). The van der Waals surface area contributed by atoms with E-state index in [0.717, 1.165) is 18.1 Å². The molecule has 0 bridgehead atoms. The van der Waals surface area contributed by atoms with E-state index in [1.54, 1.807) is 11.3 Å². The number of hydrogen-bond acceptors (Lipinski definition) is 2. The van der Waals surface area contributed by atoms with Crippen molar-refractivity contribution in [1.82, 2.24) is 4.90 Å². The van der Waals surface area contributed by atoms with Gasteiger partial charge in [0.05, 0.1) is 0 Å². The third-order valence-electron chi connectivity index (χ3n) is 1.94. The summed E-state index contributed by atoms with van der Waals surface area (Å²) in [5.41, 5.74) is 0. The highest BCUT2D eigenvalue weighted by Crippen LogP contribution is 2.10. The molecule has 1 heterocycles. The zero-order chi connectivity index (χ0) is 11.8. The minimum absolute atomic E-state index is 0.750. The van der Waals surface area contributed by atoms with Crippen molar-refractivity contribution >= 4 is 34.6 Å². The Bertz CT molecular complexity index is 367. The molecule has 0 aliphatic rings. The fourth-order valence-corrected chi connectivity index (χ4v) is 2.05. The van der Waals surface area contributed by atoms with E-state index in [4.69, 9.17) is 12.2 Å². The second kappa shape index (κ2) is 7.14. The molecule has 16 heavy (non-hydrogen) atoms. The van der Waals surface area contributed by atoms with E-state index in [2.05, 4.69) is 19.2 Å². The van der Waals surface area contributed by atoms with Gasteiger partial charge in [0.1, 0.15) is 4.99 Å². The standard InChI is InChI=1S/C13H15NS2/c1-3-9-14(10-4-2)13(15)8-7-12-6-5-11-16-12/h3-8,11H,1-2,9-10H2/b8-7+. The molecular formula is C13H15NS2. The summed E-state index contributed by atoms with van der Waals surface area (Å²) in [5.74, 6) is 0. The van der Waals surface area contributed by atoms with Gasteiger partial charge in [0.25, 0.3) is 0 Å². The summed E-state index contributed by atoms with van der Waals surface area (Å²) in [6, 6.07) is 4.09. The minimum atomic E-state index is 0.750. The van der Waals surface area contributed by atoms with Crippen LogP contribution >= 0.6 is 23.6 Å². The summed E-state index contributed by atoms with van der Waals surface area (Å²) in [6.45, 7) is 8.93. The van der Waals surface area contributed by atoms with Crippen molar-refractivity contribution in [2.45, 2.75) is 0 Å². The van der Waals surface area contributed by atoms with Gasteiger partial charge in [-0.1, -0.05) is 30.4 Å². The Kier molecular flexibility index (Phi) is 5.75. The number of thiocarbonyl (C=S) groups is 1. The van der Waals surface area contributed by atoms with Crippen LogP contribution in [0.5, 0.6) is 0 Å².